The average Bonchev–Trinajstić information content (AvgIpc) is 2.42. The fraction of sp³-hybridized carbons (Fsp3) is 0.562. The predicted octanol–water partition coefficient (Wildman–Crippen LogP) is 3.59. The van der Waals surface area contributed by atoms with Crippen molar-refractivity contribution < 1.29 is 4.79 Å². The van der Waals surface area contributed by atoms with E-state index in [1.165, 1.54) is 0 Å². The largest absolute Gasteiger partial charge is 0.384 e. The maximum atomic E-state index is 12.2. The number of carbonyl (C=O) groups is 1. The van der Waals surface area contributed by atoms with E-state index in [0.717, 1.165) is 42.7 Å². The molecule has 0 aromatic heterocycles. The normalized spacial score (nSPS) is 12.0. The molecule has 1 rings (SSSR count). The molecule has 1 unspecified atom stereocenters. The van der Waals surface area contributed by atoms with Crippen LogP contribution in [0.5, 0.6) is 0 Å². The molecule has 19 heavy (non-hydrogen) atoms. The number of hydrogen-bond donors (Lipinski definition) is 2. The van der Waals surface area contributed by atoms with Gasteiger partial charge in [-0.2, -0.15) is 0 Å². The van der Waals surface area contributed by atoms with Crippen molar-refractivity contribution in [2.45, 2.75) is 40.5 Å². The standard InChI is InChI=1S/C16H26N2O/c1-5-9-17-15-10-13(4)7-8-14(15)16(19)18-11-12(3)6-2/h7-8,10,12,17H,5-6,9,11H2,1-4H3,(H,18,19). The van der Waals surface area contributed by atoms with Crippen LogP contribution in [0.1, 0.15) is 49.5 Å². The van der Waals surface area contributed by atoms with E-state index in [9.17, 15) is 4.79 Å². The van der Waals surface area contributed by atoms with E-state index in [-0.39, 0.29) is 5.91 Å². The maximum Gasteiger partial charge on any atom is 0.253 e. The fourth-order valence-corrected chi connectivity index (χ4v) is 1.77. The van der Waals surface area contributed by atoms with Crippen molar-refractivity contribution in [3.63, 3.8) is 0 Å². The third kappa shape index (κ3) is 4.93. The summed E-state index contributed by atoms with van der Waals surface area (Å²) < 4.78 is 0. The van der Waals surface area contributed by atoms with Crippen LogP contribution in [-0.2, 0) is 0 Å². The number of nitrogens with one attached hydrogen (secondary N) is 2. The van der Waals surface area contributed by atoms with Crippen LogP contribution in [0.2, 0.25) is 0 Å². The second-order valence-corrected chi connectivity index (χ2v) is 5.20. The SMILES string of the molecule is CCCNc1cc(C)ccc1C(=O)NCC(C)CC. The fourth-order valence-electron chi connectivity index (χ4n) is 1.77. The molecule has 1 aromatic rings. The van der Waals surface area contributed by atoms with Crippen LogP contribution in [-0.4, -0.2) is 19.0 Å². The van der Waals surface area contributed by atoms with Crippen molar-refractivity contribution in [2.24, 2.45) is 5.92 Å². The van der Waals surface area contributed by atoms with Gasteiger partial charge >= 0.3 is 0 Å². The monoisotopic (exact) mass is 262 g/mol. The molecule has 0 heterocycles. The second-order valence-electron chi connectivity index (χ2n) is 5.20. The van der Waals surface area contributed by atoms with Crippen LogP contribution in [0.25, 0.3) is 0 Å². The first kappa shape index (κ1) is 15.5. The highest BCUT2D eigenvalue weighted by Crippen LogP contribution is 2.17. The Balaban J connectivity index is 2.77. The zero-order chi connectivity index (χ0) is 14.3. The molecule has 0 saturated heterocycles. The molecule has 2 N–H and O–H groups in total. The third-order valence-electron chi connectivity index (χ3n) is 3.29. The molecule has 0 radical (unpaired) electrons. The van der Waals surface area contributed by atoms with Crippen LogP contribution in [0.15, 0.2) is 18.2 Å². The van der Waals surface area contributed by atoms with E-state index in [0.29, 0.717) is 5.92 Å². The zero-order valence-corrected chi connectivity index (χ0v) is 12.5. The summed E-state index contributed by atoms with van der Waals surface area (Å²) in [6.07, 6.45) is 2.12. The highest BCUT2D eigenvalue weighted by molar-refractivity contribution is 5.99. The number of aryl methyl sites for hydroxylation is 1. The van der Waals surface area contributed by atoms with E-state index in [1.54, 1.807) is 0 Å². The molecule has 1 amide bonds. The summed E-state index contributed by atoms with van der Waals surface area (Å²) >= 11 is 0. The first-order chi connectivity index (χ1) is 9.08. The molecule has 0 bridgehead atoms. The van der Waals surface area contributed by atoms with Crippen molar-refractivity contribution in [3.05, 3.63) is 29.3 Å². The lowest BCUT2D eigenvalue weighted by molar-refractivity contribution is 0.0948. The van der Waals surface area contributed by atoms with E-state index in [2.05, 4.69) is 31.4 Å². The molecule has 3 heteroatoms. The smallest absolute Gasteiger partial charge is 0.253 e. The van der Waals surface area contributed by atoms with Gasteiger partial charge in [-0.1, -0.05) is 33.3 Å². The van der Waals surface area contributed by atoms with Gasteiger partial charge in [0, 0.05) is 18.8 Å². The van der Waals surface area contributed by atoms with E-state index < -0.39 is 0 Å². The first-order valence-electron chi connectivity index (χ1n) is 7.21. The lowest BCUT2D eigenvalue weighted by Crippen LogP contribution is -2.28. The first-order valence-corrected chi connectivity index (χ1v) is 7.21. The number of anilines is 1. The summed E-state index contributed by atoms with van der Waals surface area (Å²) in [5, 5.41) is 6.33. The number of benzene rings is 1. The lowest BCUT2D eigenvalue weighted by Gasteiger charge is -2.14. The van der Waals surface area contributed by atoms with E-state index in [4.69, 9.17) is 0 Å². The molecular formula is C16H26N2O. The Bertz CT molecular complexity index is 415. The van der Waals surface area contributed by atoms with Crippen molar-refractivity contribution in [1.29, 1.82) is 0 Å². The topological polar surface area (TPSA) is 41.1 Å². The van der Waals surface area contributed by atoms with Crippen LogP contribution >= 0.6 is 0 Å². The van der Waals surface area contributed by atoms with Gasteiger partial charge in [-0.3, -0.25) is 4.79 Å². The summed E-state index contributed by atoms with van der Waals surface area (Å²) in [5.74, 6) is 0.528. The Morgan fingerprint density at radius 3 is 2.68 bits per heavy atom. The predicted molar refractivity (Wildman–Crippen MR) is 81.7 cm³/mol. The Morgan fingerprint density at radius 1 is 1.32 bits per heavy atom. The quantitative estimate of drug-likeness (QED) is 0.788. The molecular weight excluding hydrogens is 236 g/mol. The Labute approximate surface area is 116 Å². The maximum absolute atomic E-state index is 12.2. The van der Waals surface area contributed by atoms with Crippen LogP contribution in [0, 0.1) is 12.8 Å². The molecule has 0 fully saturated rings. The zero-order valence-electron chi connectivity index (χ0n) is 12.5. The van der Waals surface area contributed by atoms with Gasteiger partial charge < -0.3 is 10.6 Å². The summed E-state index contributed by atoms with van der Waals surface area (Å²) in [7, 11) is 0. The van der Waals surface area contributed by atoms with Crippen LogP contribution in [0.3, 0.4) is 0 Å². The van der Waals surface area contributed by atoms with Gasteiger partial charge in [-0.25, -0.2) is 0 Å². The van der Waals surface area contributed by atoms with Crippen molar-refractivity contribution >= 4 is 11.6 Å². The van der Waals surface area contributed by atoms with Gasteiger partial charge in [0.2, 0.25) is 0 Å². The molecule has 0 saturated carbocycles. The van der Waals surface area contributed by atoms with Crippen LogP contribution < -0.4 is 10.6 Å². The van der Waals surface area contributed by atoms with Gasteiger partial charge in [0.15, 0.2) is 0 Å². The summed E-state index contributed by atoms with van der Waals surface area (Å²) in [5.41, 5.74) is 2.84. The molecule has 3 nitrogen and oxygen atoms in total. The van der Waals surface area contributed by atoms with Crippen molar-refractivity contribution in [3.8, 4) is 0 Å². The second kappa shape index (κ2) is 7.82. The van der Waals surface area contributed by atoms with Gasteiger partial charge in [0.25, 0.3) is 5.91 Å². The van der Waals surface area contributed by atoms with Crippen molar-refractivity contribution in [1.82, 2.24) is 5.32 Å². The average molecular weight is 262 g/mol. The summed E-state index contributed by atoms with van der Waals surface area (Å²) in [4.78, 5) is 12.2. The van der Waals surface area contributed by atoms with Gasteiger partial charge in [-0.15, -0.1) is 0 Å². The molecule has 1 aromatic carbocycles. The summed E-state index contributed by atoms with van der Waals surface area (Å²) in [6, 6.07) is 5.92. The van der Waals surface area contributed by atoms with Gasteiger partial charge in [0.05, 0.1) is 5.56 Å². The number of amides is 1. The van der Waals surface area contributed by atoms with E-state index in [1.807, 2.05) is 25.1 Å². The molecule has 1 atom stereocenters. The number of rotatable bonds is 7. The third-order valence-corrected chi connectivity index (χ3v) is 3.29. The minimum atomic E-state index is 0.0129. The van der Waals surface area contributed by atoms with E-state index >= 15 is 0 Å². The molecule has 0 aliphatic heterocycles. The Kier molecular flexibility index (Phi) is 6.40. The Morgan fingerprint density at radius 2 is 2.05 bits per heavy atom. The number of carbonyl (C=O) groups excluding carboxylic acids is 1. The molecule has 0 spiro atoms. The molecule has 0 aliphatic carbocycles. The van der Waals surface area contributed by atoms with Crippen LogP contribution in [0.4, 0.5) is 5.69 Å². The highest BCUT2D eigenvalue weighted by atomic mass is 16.1. The lowest BCUT2D eigenvalue weighted by atomic mass is 10.1. The Hall–Kier alpha value is -1.51. The minimum Gasteiger partial charge on any atom is -0.384 e. The molecule has 106 valence electrons. The van der Waals surface area contributed by atoms with Gasteiger partial charge in [0.1, 0.15) is 0 Å². The van der Waals surface area contributed by atoms with Crippen molar-refractivity contribution in [2.75, 3.05) is 18.4 Å². The highest BCUT2D eigenvalue weighted by Gasteiger charge is 2.11. The minimum absolute atomic E-state index is 0.0129. The summed E-state index contributed by atoms with van der Waals surface area (Å²) in [6.45, 7) is 10.1. The number of hydrogen-bond acceptors (Lipinski definition) is 2. The molecule has 0 aliphatic rings. The van der Waals surface area contributed by atoms with Gasteiger partial charge in [-0.05, 0) is 37.0 Å².